The normalized spacial score (nSPS) is 12.6. The van der Waals surface area contributed by atoms with Gasteiger partial charge in [-0.1, -0.05) is 65.0 Å². The zero-order valence-corrected chi connectivity index (χ0v) is 18.2. The van der Waals surface area contributed by atoms with Crippen LogP contribution in [0.5, 0.6) is 0 Å². The topological polar surface area (TPSA) is 58.2 Å². The van der Waals surface area contributed by atoms with Crippen molar-refractivity contribution in [1.29, 1.82) is 0 Å². The van der Waals surface area contributed by atoms with Crippen LogP contribution in [0.4, 0.5) is 18.9 Å². The van der Waals surface area contributed by atoms with Gasteiger partial charge < -0.3 is 10.6 Å². The average molecular weight is 432 g/mol. The van der Waals surface area contributed by atoms with Crippen molar-refractivity contribution in [2.75, 3.05) is 5.32 Å². The number of anilines is 1. The second kappa shape index (κ2) is 9.37. The van der Waals surface area contributed by atoms with Crippen LogP contribution in [0.3, 0.4) is 0 Å². The van der Waals surface area contributed by atoms with E-state index >= 15 is 0 Å². The fraction of sp³-hybridized carbons (Fsp3) is 0.333. The van der Waals surface area contributed by atoms with E-state index in [4.69, 9.17) is 0 Å². The van der Waals surface area contributed by atoms with Crippen molar-refractivity contribution in [3.8, 4) is 0 Å². The Morgan fingerprint density at radius 3 is 2.10 bits per heavy atom. The van der Waals surface area contributed by atoms with Gasteiger partial charge in [-0.2, -0.15) is 13.2 Å². The molecule has 0 aliphatic heterocycles. The van der Waals surface area contributed by atoms with Gasteiger partial charge in [0.1, 0.15) is 5.70 Å². The minimum atomic E-state index is -4.53. The molecular weight excluding hydrogens is 405 g/mol. The molecule has 0 aliphatic carbocycles. The van der Waals surface area contributed by atoms with Gasteiger partial charge in [-0.3, -0.25) is 9.59 Å². The SMILES string of the molecule is CC(C)c1ccc(/C=C(/NC(=O)C(C)(C)C)C(=O)Nc2cccc(C(F)(F)F)c2)cc1. The molecule has 2 amide bonds. The lowest BCUT2D eigenvalue weighted by Gasteiger charge is -2.19. The molecule has 7 heteroatoms. The molecule has 0 aliphatic rings. The van der Waals surface area contributed by atoms with Crippen LogP contribution in [0, 0.1) is 5.41 Å². The summed E-state index contributed by atoms with van der Waals surface area (Å²) in [5, 5.41) is 5.03. The first-order valence-corrected chi connectivity index (χ1v) is 9.89. The lowest BCUT2D eigenvalue weighted by atomic mass is 9.95. The van der Waals surface area contributed by atoms with E-state index in [1.165, 1.54) is 18.2 Å². The highest BCUT2D eigenvalue weighted by Crippen LogP contribution is 2.30. The molecule has 0 bridgehead atoms. The Morgan fingerprint density at radius 1 is 0.968 bits per heavy atom. The highest BCUT2D eigenvalue weighted by molar-refractivity contribution is 6.09. The third-order valence-corrected chi connectivity index (χ3v) is 4.54. The molecule has 0 fully saturated rings. The van der Waals surface area contributed by atoms with E-state index in [1.807, 2.05) is 24.3 Å². The summed E-state index contributed by atoms with van der Waals surface area (Å²) >= 11 is 0. The summed E-state index contributed by atoms with van der Waals surface area (Å²) in [6.07, 6.45) is -3.03. The molecule has 166 valence electrons. The number of hydrogen-bond acceptors (Lipinski definition) is 2. The summed E-state index contributed by atoms with van der Waals surface area (Å²) in [5.41, 5.74) is 0.0647. The smallest absolute Gasteiger partial charge is 0.321 e. The third kappa shape index (κ3) is 6.98. The number of nitrogens with one attached hydrogen (secondary N) is 2. The number of amides is 2. The standard InChI is InChI=1S/C24H27F3N2O2/c1-15(2)17-11-9-16(10-12-17)13-20(29-22(31)23(3,4)5)21(30)28-19-8-6-7-18(14-19)24(25,26)27/h6-15H,1-5H3,(H,28,30)(H,29,31)/b20-13+. The summed E-state index contributed by atoms with van der Waals surface area (Å²) in [4.78, 5) is 25.3. The molecule has 0 aromatic heterocycles. The van der Waals surface area contributed by atoms with E-state index < -0.39 is 29.0 Å². The molecule has 0 unspecified atom stereocenters. The second-order valence-corrected chi connectivity index (χ2v) is 8.62. The van der Waals surface area contributed by atoms with E-state index in [0.717, 1.165) is 17.7 Å². The van der Waals surface area contributed by atoms with Crippen LogP contribution in [-0.4, -0.2) is 11.8 Å². The van der Waals surface area contributed by atoms with Crippen molar-refractivity contribution < 1.29 is 22.8 Å². The number of hydrogen-bond donors (Lipinski definition) is 2. The Kier molecular flexibility index (Phi) is 7.31. The Balaban J connectivity index is 2.35. The number of carbonyl (C=O) groups excluding carboxylic acids is 2. The Hall–Kier alpha value is -3.09. The van der Waals surface area contributed by atoms with Gasteiger partial charge >= 0.3 is 6.18 Å². The fourth-order valence-electron chi connectivity index (χ4n) is 2.58. The first-order chi connectivity index (χ1) is 14.3. The lowest BCUT2D eigenvalue weighted by Crippen LogP contribution is -2.38. The Morgan fingerprint density at radius 2 is 1.58 bits per heavy atom. The predicted octanol–water partition coefficient (Wildman–Crippen LogP) is 5.97. The highest BCUT2D eigenvalue weighted by atomic mass is 19.4. The first-order valence-electron chi connectivity index (χ1n) is 9.89. The quantitative estimate of drug-likeness (QED) is 0.572. The summed E-state index contributed by atoms with van der Waals surface area (Å²) in [5.74, 6) is -0.774. The third-order valence-electron chi connectivity index (χ3n) is 4.54. The highest BCUT2D eigenvalue weighted by Gasteiger charge is 2.30. The molecule has 2 aromatic rings. The van der Waals surface area contributed by atoms with E-state index in [2.05, 4.69) is 24.5 Å². The van der Waals surface area contributed by atoms with Crippen LogP contribution in [-0.2, 0) is 15.8 Å². The summed E-state index contributed by atoms with van der Waals surface area (Å²) in [7, 11) is 0. The summed E-state index contributed by atoms with van der Waals surface area (Å²) < 4.78 is 38.9. The molecule has 0 heterocycles. The van der Waals surface area contributed by atoms with E-state index in [-0.39, 0.29) is 11.4 Å². The molecule has 31 heavy (non-hydrogen) atoms. The second-order valence-electron chi connectivity index (χ2n) is 8.62. The van der Waals surface area contributed by atoms with Gasteiger partial charge in [0, 0.05) is 11.1 Å². The van der Waals surface area contributed by atoms with Gasteiger partial charge in [-0.25, -0.2) is 0 Å². The maximum atomic E-state index is 13.0. The maximum Gasteiger partial charge on any atom is 0.416 e. The van der Waals surface area contributed by atoms with Crippen molar-refractivity contribution in [3.63, 3.8) is 0 Å². The molecular formula is C24H27F3N2O2. The van der Waals surface area contributed by atoms with Crippen LogP contribution in [0.25, 0.3) is 6.08 Å². The van der Waals surface area contributed by atoms with E-state index in [9.17, 15) is 22.8 Å². The van der Waals surface area contributed by atoms with Crippen LogP contribution >= 0.6 is 0 Å². The zero-order valence-electron chi connectivity index (χ0n) is 18.2. The number of rotatable bonds is 5. The van der Waals surface area contributed by atoms with Gasteiger partial charge in [0.05, 0.1) is 5.56 Å². The number of halogens is 3. The van der Waals surface area contributed by atoms with E-state index in [1.54, 1.807) is 20.8 Å². The van der Waals surface area contributed by atoms with Gasteiger partial charge in [0.2, 0.25) is 5.91 Å². The lowest BCUT2D eigenvalue weighted by molar-refractivity contribution is -0.137. The van der Waals surface area contributed by atoms with Crippen molar-refractivity contribution in [2.45, 2.75) is 46.7 Å². The molecule has 2 aromatic carbocycles. The monoisotopic (exact) mass is 432 g/mol. The predicted molar refractivity (Wildman–Crippen MR) is 116 cm³/mol. The fourth-order valence-corrected chi connectivity index (χ4v) is 2.58. The van der Waals surface area contributed by atoms with E-state index in [0.29, 0.717) is 11.5 Å². The van der Waals surface area contributed by atoms with Gasteiger partial charge in [0.25, 0.3) is 5.91 Å². The number of carbonyl (C=O) groups is 2. The molecule has 0 atom stereocenters. The molecule has 0 saturated carbocycles. The van der Waals surface area contributed by atoms with Crippen LogP contribution in [0.15, 0.2) is 54.2 Å². The molecule has 4 nitrogen and oxygen atoms in total. The van der Waals surface area contributed by atoms with Crippen LogP contribution in [0.1, 0.15) is 57.2 Å². The average Bonchev–Trinajstić information content (AvgIpc) is 2.66. The molecule has 2 rings (SSSR count). The minimum Gasteiger partial charge on any atom is -0.321 e. The van der Waals surface area contributed by atoms with Crippen LogP contribution < -0.4 is 10.6 Å². The molecule has 0 radical (unpaired) electrons. The molecule has 0 spiro atoms. The van der Waals surface area contributed by atoms with Crippen molar-refractivity contribution in [1.82, 2.24) is 5.32 Å². The summed E-state index contributed by atoms with van der Waals surface area (Å²) in [6.45, 7) is 9.21. The van der Waals surface area contributed by atoms with Crippen molar-refractivity contribution >= 4 is 23.6 Å². The Bertz CT molecular complexity index is 970. The maximum absolute atomic E-state index is 13.0. The largest absolute Gasteiger partial charge is 0.416 e. The van der Waals surface area contributed by atoms with Crippen LogP contribution in [0.2, 0.25) is 0 Å². The van der Waals surface area contributed by atoms with Crippen molar-refractivity contribution in [2.24, 2.45) is 5.41 Å². The number of alkyl halides is 3. The molecule has 0 saturated heterocycles. The zero-order chi connectivity index (χ0) is 23.4. The van der Waals surface area contributed by atoms with Crippen molar-refractivity contribution in [3.05, 3.63) is 70.9 Å². The summed E-state index contributed by atoms with van der Waals surface area (Å²) in [6, 6.07) is 11.8. The first kappa shape index (κ1) is 24.2. The van der Waals surface area contributed by atoms with Gasteiger partial charge in [-0.05, 0) is 41.3 Å². The molecule has 2 N–H and O–H groups in total. The minimum absolute atomic E-state index is 0.0223. The number of benzene rings is 2. The van der Waals surface area contributed by atoms with Gasteiger partial charge in [-0.15, -0.1) is 0 Å². The Labute approximate surface area is 180 Å². The van der Waals surface area contributed by atoms with Gasteiger partial charge in [0.15, 0.2) is 0 Å².